The Labute approximate surface area is 95.4 Å². The topological polar surface area (TPSA) is 66.8 Å². The third-order valence-corrected chi connectivity index (χ3v) is 3.15. The molecule has 1 heterocycles. The van der Waals surface area contributed by atoms with Gasteiger partial charge in [0.05, 0.1) is 6.10 Å². The molecule has 1 aliphatic heterocycles. The van der Waals surface area contributed by atoms with Gasteiger partial charge in [0, 0.05) is 32.9 Å². The summed E-state index contributed by atoms with van der Waals surface area (Å²) in [5, 5.41) is 9.41. The van der Waals surface area contributed by atoms with Gasteiger partial charge in [0.25, 0.3) is 0 Å². The van der Waals surface area contributed by atoms with E-state index in [0.717, 1.165) is 0 Å². The normalized spacial score (nSPS) is 29.8. The Morgan fingerprint density at radius 2 is 2.19 bits per heavy atom. The summed E-state index contributed by atoms with van der Waals surface area (Å²) < 4.78 is 5.36. The number of carboxylic acids is 1. The third kappa shape index (κ3) is 2.19. The first kappa shape index (κ1) is 13.0. The number of hydrogen-bond acceptors (Lipinski definition) is 3. The van der Waals surface area contributed by atoms with Gasteiger partial charge in [-0.3, -0.25) is 4.79 Å². The Kier molecular flexibility index (Phi) is 3.91. The molecule has 1 N–H and O–H groups in total. The molecule has 1 fully saturated rings. The second-order valence-corrected chi connectivity index (χ2v) is 4.24. The summed E-state index contributed by atoms with van der Waals surface area (Å²) in [6.45, 7) is 5.84. The quantitative estimate of drug-likeness (QED) is 0.780. The van der Waals surface area contributed by atoms with Gasteiger partial charge < -0.3 is 14.7 Å². The van der Waals surface area contributed by atoms with Gasteiger partial charge in [0.2, 0.25) is 5.91 Å². The van der Waals surface area contributed by atoms with E-state index in [1.165, 1.54) is 11.8 Å². The first-order valence-electron chi connectivity index (χ1n) is 5.57. The molecule has 5 nitrogen and oxygen atoms in total. The molecule has 0 spiro atoms. The van der Waals surface area contributed by atoms with Gasteiger partial charge in [0.15, 0.2) is 0 Å². The average Bonchev–Trinajstić information content (AvgIpc) is 2.17. The van der Waals surface area contributed by atoms with E-state index in [1.54, 1.807) is 6.92 Å². The molecular formula is C11H19NO4. The summed E-state index contributed by atoms with van der Waals surface area (Å²) in [4.78, 5) is 24.4. The predicted octanol–water partition coefficient (Wildman–Crippen LogP) is 0.877. The Bertz CT molecular complexity index is 292. The van der Waals surface area contributed by atoms with E-state index < -0.39 is 11.5 Å². The highest BCUT2D eigenvalue weighted by Crippen LogP contribution is 2.31. The van der Waals surface area contributed by atoms with Crippen molar-refractivity contribution in [3.63, 3.8) is 0 Å². The van der Waals surface area contributed by atoms with Gasteiger partial charge in [-0.1, -0.05) is 0 Å². The largest absolute Gasteiger partial charge is 0.479 e. The van der Waals surface area contributed by atoms with Crippen LogP contribution in [0.2, 0.25) is 0 Å². The number of likely N-dealkylation sites (N-methyl/N-ethyl adjacent to an activating group) is 1. The predicted molar refractivity (Wildman–Crippen MR) is 58.1 cm³/mol. The summed E-state index contributed by atoms with van der Waals surface area (Å²) in [7, 11) is 0. The van der Waals surface area contributed by atoms with E-state index in [9.17, 15) is 14.7 Å². The van der Waals surface area contributed by atoms with Crippen LogP contribution in [-0.2, 0) is 14.3 Å². The van der Waals surface area contributed by atoms with Crippen LogP contribution in [0.1, 0.15) is 33.6 Å². The molecule has 0 aromatic rings. The fourth-order valence-electron chi connectivity index (χ4n) is 2.45. The van der Waals surface area contributed by atoms with Crippen LogP contribution in [0.15, 0.2) is 0 Å². The standard InChI is InChI=1S/C11H19NO4/c1-4-12(9(3)13)11(10(14)15)5-6-16-8(2)7-11/h8H,4-7H2,1-3H3,(H,14,15). The Morgan fingerprint density at radius 1 is 1.56 bits per heavy atom. The number of rotatable bonds is 3. The second kappa shape index (κ2) is 4.82. The smallest absolute Gasteiger partial charge is 0.329 e. The zero-order chi connectivity index (χ0) is 12.3. The van der Waals surface area contributed by atoms with Gasteiger partial charge >= 0.3 is 5.97 Å². The Morgan fingerprint density at radius 3 is 2.56 bits per heavy atom. The molecule has 2 unspecified atom stereocenters. The summed E-state index contributed by atoms with van der Waals surface area (Å²) in [6.07, 6.45) is 0.591. The van der Waals surface area contributed by atoms with E-state index in [4.69, 9.17) is 4.74 Å². The molecule has 0 aromatic heterocycles. The van der Waals surface area contributed by atoms with Gasteiger partial charge in [-0.05, 0) is 13.8 Å². The highest BCUT2D eigenvalue weighted by molar-refractivity contribution is 5.86. The van der Waals surface area contributed by atoms with Crippen molar-refractivity contribution < 1.29 is 19.4 Å². The molecule has 0 aliphatic carbocycles. The minimum atomic E-state index is -1.09. The van der Waals surface area contributed by atoms with Crippen molar-refractivity contribution in [3.05, 3.63) is 0 Å². The maximum atomic E-state index is 11.5. The van der Waals surface area contributed by atoms with Crippen molar-refractivity contribution >= 4 is 11.9 Å². The molecule has 0 bridgehead atoms. The van der Waals surface area contributed by atoms with Crippen LogP contribution in [0.4, 0.5) is 0 Å². The summed E-state index contributed by atoms with van der Waals surface area (Å²) in [5.41, 5.74) is -1.09. The molecule has 2 atom stereocenters. The Hall–Kier alpha value is -1.10. The van der Waals surface area contributed by atoms with Crippen LogP contribution in [0.25, 0.3) is 0 Å². The average molecular weight is 229 g/mol. The lowest BCUT2D eigenvalue weighted by Crippen LogP contribution is -2.60. The molecule has 0 radical (unpaired) electrons. The van der Waals surface area contributed by atoms with Gasteiger partial charge in [0.1, 0.15) is 5.54 Å². The van der Waals surface area contributed by atoms with E-state index in [-0.39, 0.29) is 12.0 Å². The highest BCUT2D eigenvalue weighted by atomic mass is 16.5. The van der Waals surface area contributed by atoms with E-state index >= 15 is 0 Å². The molecule has 1 saturated heterocycles. The monoisotopic (exact) mass is 229 g/mol. The summed E-state index contributed by atoms with van der Waals surface area (Å²) in [6, 6.07) is 0. The summed E-state index contributed by atoms with van der Waals surface area (Å²) >= 11 is 0. The number of carbonyl (C=O) groups is 2. The van der Waals surface area contributed by atoms with Crippen LogP contribution in [-0.4, -0.2) is 46.7 Å². The SMILES string of the molecule is CCN(C(C)=O)C1(C(=O)O)CCOC(C)C1. The first-order chi connectivity index (χ1) is 7.44. The first-order valence-corrected chi connectivity index (χ1v) is 5.57. The van der Waals surface area contributed by atoms with Gasteiger partial charge in [-0.2, -0.15) is 0 Å². The molecule has 1 aliphatic rings. The number of amides is 1. The molecule has 1 rings (SSSR count). The fraction of sp³-hybridized carbons (Fsp3) is 0.818. The maximum Gasteiger partial charge on any atom is 0.329 e. The molecule has 1 amide bonds. The molecule has 92 valence electrons. The van der Waals surface area contributed by atoms with Crippen LogP contribution >= 0.6 is 0 Å². The number of nitrogens with zero attached hydrogens (tertiary/aromatic N) is 1. The zero-order valence-electron chi connectivity index (χ0n) is 10.0. The van der Waals surface area contributed by atoms with Gasteiger partial charge in [-0.25, -0.2) is 4.79 Å². The van der Waals surface area contributed by atoms with Crippen molar-refractivity contribution in [2.24, 2.45) is 0 Å². The lowest BCUT2D eigenvalue weighted by Gasteiger charge is -2.44. The van der Waals surface area contributed by atoms with E-state index in [0.29, 0.717) is 26.0 Å². The molecular weight excluding hydrogens is 210 g/mol. The van der Waals surface area contributed by atoms with Crippen molar-refractivity contribution in [3.8, 4) is 0 Å². The van der Waals surface area contributed by atoms with Crippen molar-refractivity contribution in [2.45, 2.75) is 45.3 Å². The number of hydrogen-bond donors (Lipinski definition) is 1. The second-order valence-electron chi connectivity index (χ2n) is 4.24. The summed E-state index contributed by atoms with van der Waals surface area (Å²) in [5.74, 6) is -1.13. The lowest BCUT2D eigenvalue weighted by atomic mass is 9.85. The van der Waals surface area contributed by atoms with E-state index in [2.05, 4.69) is 0 Å². The van der Waals surface area contributed by atoms with Crippen LogP contribution in [0, 0.1) is 0 Å². The molecule has 0 saturated carbocycles. The van der Waals surface area contributed by atoms with Crippen molar-refractivity contribution in [1.29, 1.82) is 0 Å². The molecule has 5 heteroatoms. The third-order valence-electron chi connectivity index (χ3n) is 3.15. The van der Waals surface area contributed by atoms with Crippen LogP contribution in [0.3, 0.4) is 0 Å². The number of aliphatic carboxylic acids is 1. The fourth-order valence-corrected chi connectivity index (χ4v) is 2.45. The van der Waals surface area contributed by atoms with Crippen LogP contribution in [0.5, 0.6) is 0 Å². The Balaban J connectivity index is 3.03. The van der Waals surface area contributed by atoms with Gasteiger partial charge in [-0.15, -0.1) is 0 Å². The number of carbonyl (C=O) groups excluding carboxylic acids is 1. The highest BCUT2D eigenvalue weighted by Gasteiger charge is 2.48. The van der Waals surface area contributed by atoms with Crippen molar-refractivity contribution in [1.82, 2.24) is 4.90 Å². The van der Waals surface area contributed by atoms with Crippen LogP contribution < -0.4 is 0 Å². The number of carboxylic acid groups (broad SMARTS) is 1. The number of ether oxygens (including phenoxy) is 1. The maximum absolute atomic E-state index is 11.5. The minimum Gasteiger partial charge on any atom is -0.479 e. The lowest BCUT2D eigenvalue weighted by molar-refractivity contribution is -0.168. The van der Waals surface area contributed by atoms with E-state index in [1.807, 2.05) is 6.92 Å². The molecule has 16 heavy (non-hydrogen) atoms. The minimum absolute atomic E-state index is 0.127. The zero-order valence-corrected chi connectivity index (χ0v) is 10.0. The van der Waals surface area contributed by atoms with Crippen molar-refractivity contribution in [2.75, 3.05) is 13.2 Å². The molecule has 0 aromatic carbocycles.